The zero-order valence-electron chi connectivity index (χ0n) is 9.81. The molecule has 0 unspecified atom stereocenters. The standard InChI is InChI=1S/C11H21N3O/c1-10(12-6-5-9-15-3)11(2)14-8-4-7-13-14/h4,7-8,10-12H,5-6,9H2,1-3H3/t10-,11+/m0/s1. The minimum absolute atomic E-state index is 0.377. The molecule has 0 aliphatic rings. The summed E-state index contributed by atoms with van der Waals surface area (Å²) in [6, 6.07) is 2.75. The molecule has 0 bridgehead atoms. The van der Waals surface area contributed by atoms with Gasteiger partial charge in [0.2, 0.25) is 0 Å². The van der Waals surface area contributed by atoms with E-state index in [4.69, 9.17) is 4.74 Å². The molecule has 0 aliphatic carbocycles. The van der Waals surface area contributed by atoms with Gasteiger partial charge in [-0.3, -0.25) is 4.68 Å². The van der Waals surface area contributed by atoms with Crippen LogP contribution < -0.4 is 5.32 Å². The van der Waals surface area contributed by atoms with Crippen LogP contribution in [0, 0.1) is 0 Å². The van der Waals surface area contributed by atoms with Gasteiger partial charge in [-0.2, -0.15) is 5.10 Å². The molecule has 1 aromatic rings. The molecule has 4 heteroatoms. The van der Waals surface area contributed by atoms with E-state index < -0.39 is 0 Å². The lowest BCUT2D eigenvalue weighted by Gasteiger charge is -2.21. The predicted molar refractivity (Wildman–Crippen MR) is 60.9 cm³/mol. The molecule has 2 atom stereocenters. The summed E-state index contributed by atoms with van der Waals surface area (Å²) >= 11 is 0. The van der Waals surface area contributed by atoms with Crippen LogP contribution in [0.4, 0.5) is 0 Å². The van der Waals surface area contributed by atoms with Crippen LogP contribution in [-0.4, -0.2) is 36.1 Å². The van der Waals surface area contributed by atoms with Crippen molar-refractivity contribution in [1.29, 1.82) is 0 Å². The summed E-state index contributed by atoms with van der Waals surface area (Å²) in [4.78, 5) is 0. The van der Waals surface area contributed by atoms with Crippen molar-refractivity contribution in [3.8, 4) is 0 Å². The van der Waals surface area contributed by atoms with Gasteiger partial charge in [0, 0.05) is 32.2 Å². The number of aromatic nitrogens is 2. The second-order valence-corrected chi connectivity index (χ2v) is 3.82. The van der Waals surface area contributed by atoms with Crippen molar-refractivity contribution < 1.29 is 4.74 Å². The fraction of sp³-hybridized carbons (Fsp3) is 0.727. The third kappa shape index (κ3) is 4.01. The van der Waals surface area contributed by atoms with E-state index in [1.54, 1.807) is 7.11 Å². The van der Waals surface area contributed by atoms with Gasteiger partial charge in [0.15, 0.2) is 0 Å². The molecular formula is C11H21N3O. The van der Waals surface area contributed by atoms with Gasteiger partial charge in [-0.1, -0.05) is 0 Å². The predicted octanol–water partition coefficient (Wildman–Crippen LogP) is 1.46. The summed E-state index contributed by atoms with van der Waals surface area (Å²) in [5, 5.41) is 7.70. The van der Waals surface area contributed by atoms with Crippen molar-refractivity contribution in [3.63, 3.8) is 0 Å². The maximum absolute atomic E-state index is 5.00. The Hall–Kier alpha value is -0.870. The van der Waals surface area contributed by atoms with Crippen LogP contribution in [0.15, 0.2) is 18.5 Å². The number of hydrogen-bond donors (Lipinski definition) is 1. The van der Waals surface area contributed by atoms with Gasteiger partial charge in [0.25, 0.3) is 0 Å². The number of ether oxygens (including phenoxy) is 1. The van der Waals surface area contributed by atoms with Gasteiger partial charge in [-0.05, 0) is 32.9 Å². The van der Waals surface area contributed by atoms with Gasteiger partial charge in [0.1, 0.15) is 0 Å². The topological polar surface area (TPSA) is 39.1 Å². The number of hydrogen-bond acceptors (Lipinski definition) is 3. The van der Waals surface area contributed by atoms with Crippen molar-refractivity contribution in [3.05, 3.63) is 18.5 Å². The molecule has 15 heavy (non-hydrogen) atoms. The lowest BCUT2D eigenvalue weighted by molar-refractivity contribution is 0.192. The van der Waals surface area contributed by atoms with Crippen molar-refractivity contribution in [1.82, 2.24) is 15.1 Å². The molecule has 0 amide bonds. The maximum Gasteiger partial charge on any atom is 0.0641 e. The molecule has 1 aromatic heterocycles. The second kappa shape index (κ2) is 6.58. The number of nitrogens with zero attached hydrogens (tertiary/aromatic N) is 2. The lowest BCUT2D eigenvalue weighted by atomic mass is 10.1. The third-order valence-electron chi connectivity index (χ3n) is 2.66. The first-order valence-electron chi connectivity index (χ1n) is 5.47. The average Bonchev–Trinajstić information content (AvgIpc) is 2.76. The van der Waals surface area contributed by atoms with E-state index in [1.807, 2.05) is 23.1 Å². The molecule has 0 radical (unpaired) electrons. The molecule has 1 N–H and O–H groups in total. The van der Waals surface area contributed by atoms with E-state index in [0.29, 0.717) is 12.1 Å². The van der Waals surface area contributed by atoms with Crippen LogP contribution in [0.1, 0.15) is 26.3 Å². The summed E-state index contributed by atoms with van der Waals surface area (Å²) in [6.07, 6.45) is 4.86. The van der Waals surface area contributed by atoms with Crippen molar-refractivity contribution >= 4 is 0 Å². The van der Waals surface area contributed by atoms with Crippen LogP contribution in [-0.2, 0) is 4.74 Å². The molecule has 86 valence electrons. The third-order valence-corrected chi connectivity index (χ3v) is 2.66. The van der Waals surface area contributed by atoms with Gasteiger partial charge in [0.05, 0.1) is 6.04 Å². The summed E-state index contributed by atoms with van der Waals surface area (Å²) in [6.45, 7) is 6.15. The molecule has 1 heterocycles. The van der Waals surface area contributed by atoms with Gasteiger partial charge < -0.3 is 10.1 Å². The van der Waals surface area contributed by atoms with E-state index in [0.717, 1.165) is 19.6 Å². The fourth-order valence-electron chi connectivity index (χ4n) is 1.47. The van der Waals surface area contributed by atoms with Gasteiger partial charge in [-0.25, -0.2) is 0 Å². The van der Waals surface area contributed by atoms with Crippen LogP contribution in [0.5, 0.6) is 0 Å². The Morgan fingerprint density at radius 1 is 1.47 bits per heavy atom. The Morgan fingerprint density at radius 2 is 2.27 bits per heavy atom. The molecule has 0 fully saturated rings. The Kier molecular flexibility index (Phi) is 5.36. The Labute approximate surface area is 91.6 Å². The smallest absolute Gasteiger partial charge is 0.0641 e. The van der Waals surface area contributed by atoms with Gasteiger partial charge in [-0.15, -0.1) is 0 Å². The maximum atomic E-state index is 5.00. The monoisotopic (exact) mass is 211 g/mol. The SMILES string of the molecule is COCCCN[C@@H](C)[C@@H](C)n1cccn1. The molecular weight excluding hydrogens is 190 g/mol. The highest BCUT2D eigenvalue weighted by Gasteiger charge is 2.12. The summed E-state index contributed by atoms with van der Waals surface area (Å²) in [5.74, 6) is 0. The Bertz CT molecular complexity index is 248. The van der Waals surface area contributed by atoms with Crippen molar-refractivity contribution in [2.24, 2.45) is 0 Å². The first-order valence-corrected chi connectivity index (χ1v) is 5.47. The molecule has 0 spiro atoms. The highest BCUT2D eigenvalue weighted by Crippen LogP contribution is 2.08. The van der Waals surface area contributed by atoms with Gasteiger partial charge >= 0.3 is 0 Å². The van der Waals surface area contributed by atoms with Crippen LogP contribution in [0.3, 0.4) is 0 Å². The normalized spacial score (nSPS) is 15.1. The van der Waals surface area contributed by atoms with E-state index in [2.05, 4.69) is 24.3 Å². The Morgan fingerprint density at radius 3 is 2.87 bits per heavy atom. The van der Waals surface area contributed by atoms with Crippen molar-refractivity contribution in [2.45, 2.75) is 32.4 Å². The zero-order valence-corrected chi connectivity index (χ0v) is 9.81. The van der Waals surface area contributed by atoms with Crippen LogP contribution in [0.25, 0.3) is 0 Å². The molecule has 0 saturated carbocycles. The zero-order chi connectivity index (χ0) is 11.1. The number of nitrogens with one attached hydrogen (secondary N) is 1. The quantitative estimate of drug-likeness (QED) is 0.694. The van der Waals surface area contributed by atoms with E-state index >= 15 is 0 Å². The fourth-order valence-corrected chi connectivity index (χ4v) is 1.47. The van der Waals surface area contributed by atoms with E-state index in [9.17, 15) is 0 Å². The van der Waals surface area contributed by atoms with Crippen LogP contribution >= 0.6 is 0 Å². The minimum Gasteiger partial charge on any atom is -0.385 e. The minimum atomic E-state index is 0.377. The number of methoxy groups -OCH3 is 1. The van der Waals surface area contributed by atoms with Crippen LogP contribution in [0.2, 0.25) is 0 Å². The lowest BCUT2D eigenvalue weighted by Crippen LogP contribution is -2.34. The summed E-state index contributed by atoms with van der Waals surface area (Å²) in [5.41, 5.74) is 0. The molecule has 0 aliphatic heterocycles. The highest BCUT2D eigenvalue weighted by molar-refractivity contribution is 4.83. The highest BCUT2D eigenvalue weighted by atomic mass is 16.5. The molecule has 0 aromatic carbocycles. The first kappa shape index (κ1) is 12.2. The Balaban J connectivity index is 2.24. The van der Waals surface area contributed by atoms with E-state index in [-0.39, 0.29) is 0 Å². The second-order valence-electron chi connectivity index (χ2n) is 3.82. The van der Waals surface area contributed by atoms with Crippen molar-refractivity contribution in [2.75, 3.05) is 20.3 Å². The summed E-state index contributed by atoms with van der Waals surface area (Å²) in [7, 11) is 1.73. The van der Waals surface area contributed by atoms with E-state index in [1.165, 1.54) is 0 Å². The average molecular weight is 211 g/mol. The number of rotatable bonds is 7. The summed E-state index contributed by atoms with van der Waals surface area (Å²) < 4.78 is 6.98. The largest absolute Gasteiger partial charge is 0.385 e. The first-order chi connectivity index (χ1) is 7.25. The molecule has 4 nitrogen and oxygen atoms in total. The molecule has 0 saturated heterocycles. The molecule has 1 rings (SSSR count).